The molecule has 0 fully saturated rings. The molecular formula is C22H16ClFN4O2S. The van der Waals surface area contributed by atoms with E-state index in [1.54, 1.807) is 29.9 Å². The number of aromatic nitrogens is 2. The second-order valence-corrected chi connectivity index (χ2v) is 8.10. The van der Waals surface area contributed by atoms with E-state index in [0.717, 1.165) is 29.2 Å². The lowest BCUT2D eigenvalue weighted by Gasteiger charge is -2.04. The topological polar surface area (TPSA) is 76.0 Å². The van der Waals surface area contributed by atoms with Gasteiger partial charge in [0.15, 0.2) is 5.82 Å². The van der Waals surface area contributed by atoms with E-state index in [1.165, 1.54) is 6.07 Å². The van der Waals surface area contributed by atoms with Crippen molar-refractivity contribution >= 4 is 45.6 Å². The number of thiophene rings is 1. The number of para-hydroxylation sites is 1. The van der Waals surface area contributed by atoms with Crippen molar-refractivity contribution in [1.29, 1.82) is 0 Å². The Morgan fingerprint density at radius 1 is 1.03 bits per heavy atom. The molecule has 0 aliphatic carbocycles. The van der Waals surface area contributed by atoms with Crippen LogP contribution in [0.15, 0.2) is 66.9 Å². The van der Waals surface area contributed by atoms with Gasteiger partial charge in [0.2, 0.25) is 0 Å². The summed E-state index contributed by atoms with van der Waals surface area (Å²) in [5.41, 5.74) is 1.72. The summed E-state index contributed by atoms with van der Waals surface area (Å²) in [5, 5.41) is 10.3. The van der Waals surface area contributed by atoms with Crippen molar-refractivity contribution < 1.29 is 14.0 Å². The zero-order chi connectivity index (χ0) is 22.0. The molecule has 2 aromatic heterocycles. The van der Waals surface area contributed by atoms with Crippen LogP contribution in [0.5, 0.6) is 0 Å². The van der Waals surface area contributed by atoms with E-state index in [-0.39, 0.29) is 16.5 Å². The molecule has 0 unspecified atom stereocenters. The van der Waals surface area contributed by atoms with Gasteiger partial charge in [-0.2, -0.15) is 5.10 Å². The Labute approximate surface area is 186 Å². The zero-order valence-corrected chi connectivity index (χ0v) is 17.8. The molecule has 0 bridgehead atoms. The molecule has 4 aromatic rings. The third-order valence-corrected chi connectivity index (χ3v) is 5.85. The van der Waals surface area contributed by atoms with Gasteiger partial charge in [0.25, 0.3) is 11.8 Å². The van der Waals surface area contributed by atoms with Crippen LogP contribution in [0.25, 0.3) is 5.69 Å². The van der Waals surface area contributed by atoms with E-state index in [0.29, 0.717) is 21.3 Å². The smallest absolute Gasteiger partial charge is 0.267 e. The molecule has 2 aromatic carbocycles. The number of aryl methyl sites for hydroxylation is 1. The van der Waals surface area contributed by atoms with E-state index in [4.69, 9.17) is 11.6 Å². The first kappa shape index (κ1) is 20.8. The number of anilines is 2. The minimum Gasteiger partial charge on any atom is -0.313 e. The van der Waals surface area contributed by atoms with E-state index in [2.05, 4.69) is 15.7 Å². The zero-order valence-electron chi connectivity index (χ0n) is 16.2. The van der Waals surface area contributed by atoms with Gasteiger partial charge in [-0.05, 0) is 48.9 Å². The van der Waals surface area contributed by atoms with Crippen LogP contribution in [-0.2, 0) is 0 Å². The predicted octanol–water partition coefficient (Wildman–Crippen LogP) is 5.54. The Morgan fingerprint density at radius 3 is 2.55 bits per heavy atom. The number of nitrogens with zero attached hydrogens (tertiary/aromatic N) is 2. The number of carbonyl (C=O) groups is 2. The average molecular weight is 455 g/mol. The van der Waals surface area contributed by atoms with Gasteiger partial charge < -0.3 is 10.6 Å². The van der Waals surface area contributed by atoms with Gasteiger partial charge in [-0.25, -0.2) is 9.07 Å². The van der Waals surface area contributed by atoms with E-state index >= 15 is 0 Å². The van der Waals surface area contributed by atoms with Crippen molar-refractivity contribution in [2.45, 2.75) is 6.92 Å². The molecule has 0 aliphatic heterocycles. The Balaban J connectivity index is 1.46. The molecule has 0 spiro atoms. The maximum atomic E-state index is 13.2. The lowest BCUT2D eigenvalue weighted by molar-refractivity contribution is 0.101. The number of carbonyl (C=O) groups excluding carboxylic acids is 2. The molecule has 0 saturated heterocycles. The monoisotopic (exact) mass is 454 g/mol. The summed E-state index contributed by atoms with van der Waals surface area (Å²) >= 11 is 7.07. The summed E-state index contributed by atoms with van der Waals surface area (Å²) in [6, 6.07) is 16.5. The maximum absolute atomic E-state index is 13.2. The molecule has 156 valence electrons. The minimum atomic E-state index is -0.526. The highest BCUT2D eigenvalue weighted by Crippen LogP contribution is 2.28. The quantitative estimate of drug-likeness (QED) is 0.415. The fourth-order valence-electron chi connectivity index (χ4n) is 2.91. The molecule has 6 nitrogen and oxygen atoms in total. The van der Waals surface area contributed by atoms with Crippen LogP contribution < -0.4 is 10.6 Å². The molecule has 0 aliphatic rings. The molecule has 0 atom stereocenters. The second-order valence-electron chi connectivity index (χ2n) is 6.64. The van der Waals surface area contributed by atoms with Crippen molar-refractivity contribution in [3.63, 3.8) is 0 Å². The standard InChI is InChI=1S/C22H16ClFN4O2S/c1-13-11-19(26-21(29)16-8-7-14(24)12-17(16)23)31-20(13)22(30)25-18-9-10-28(27-18)15-5-3-2-4-6-15/h2-12H,1H3,(H,26,29)(H,25,27,30). The van der Waals surface area contributed by atoms with E-state index < -0.39 is 11.7 Å². The molecule has 2 N–H and O–H groups in total. The molecular weight excluding hydrogens is 439 g/mol. The van der Waals surface area contributed by atoms with E-state index in [9.17, 15) is 14.0 Å². The molecule has 2 heterocycles. The lowest BCUT2D eigenvalue weighted by Crippen LogP contribution is -2.12. The first-order chi connectivity index (χ1) is 14.9. The molecule has 31 heavy (non-hydrogen) atoms. The summed E-state index contributed by atoms with van der Waals surface area (Å²) < 4.78 is 14.9. The van der Waals surface area contributed by atoms with Crippen LogP contribution in [-0.4, -0.2) is 21.6 Å². The number of hydrogen-bond donors (Lipinski definition) is 2. The number of nitrogens with one attached hydrogen (secondary N) is 2. The van der Waals surface area contributed by atoms with Crippen molar-refractivity contribution in [3.8, 4) is 5.69 Å². The minimum absolute atomic E-state index is 0.0118. The summed E-state index contributed by atoms with van der Waals surface area (Å²) in [6.07, 6.45) is 1.75. The van der Waals surface area contributed by atoms with Crippen LogP contribution in [0.4, 0.5) is 15.2 Å². The number of hydrogen-bond acceptors (Lipinski definition) is 4. The Kier molecular flexibility index (Phi) is 5.83. The van der Waals surface area contributed by atoms with Crippen molar-refractivity contribution in [3.05, 3.63) is 93.7 Å². The normalized spacial score (nSPS) is 10.7. The summed E-state index contributed by atoms with van der Waals surface area (Å²) in [5.74, 6) is -0.937. The number of amides is 2. The Bertz CT molecular complexity index is 1270. The van der Waals surface area contributed by atoms with Gasteiger partial charge in [0, 0.05) is 12.3 Å². The van der Waals surface area contributed by atoms with Gasteiger partial charge in [-0.15, -0.1) is 11.3 Å². The van der Waals surface area contributed by atoms with Crippen molar-refractivity contribution in [2.75, 3.05) is 10.6 Å². The molecule has 0 saturated carbocycles. The molecule has 2 amide bonds. The first-order valence-electron chi connectivity index (χ1n) is 9.20. The molecule has 9 heteroatoms. The van der Waals surface area contributed by atoms with Crippen LogP contribution in [0.2, 0.25) is 5.02 Å². The fourth-order valence-corrected chi connectivity index (χ4v) is 4.13. The highest BCUT2D eigenvalue weighted by Gasteiger charge is 2.18. The SMILES string of the molecule is Cc1cc(NC(=O)c2ccc(F)cc2Cl)sc1C(=O)Nc1ccn(-c2ccccc2)n1. The number of rotatable bonds is 5. The van der Waals surface area contributed by atoms with Gasteiger partial charge in [0.1, 0.15) is 5.82 Å². The highest BCUT2D eigenvalue weighted by atomic mass is 35.5. The number of halogens is 2. The van der Waals surface area contributed by atoms with Gasteiger partial charge in [0.05, 0.1) is 26.2 Å². The third kappa shape index (κ3) is 4.65. The largest absolute Gasteiger partial charge is 0.313 e. The average Bonchev–Trinajstić information content (AvgIpc) is 3.35. The Morgan fingerprint density at radius 2 is 1.81 bits per heavy atom. The van der Waals surface area contributed by atoms with Crippen LogP contribution >= 0.6 is 22.9 Å². The highest BCUT2D eigenvalue weighted by molar-refractivity contribution is 7.18. The third-order valence-electron chi connectivity index (χ3n) is 4.39. The summed E-state index contributed by atoms with van der Waals surface area (Å²) in [4.78, 5) is 25.6. The first-order valence-corrected chi connectivity index (χ1v) is 10.4. The summed E-state index contributed by atoms with van der Waals surface area (Å²) in [6.45, 7) is 1.77. The molecule has 4 rings (SSSR count). The van der Waals surface area contributed by atoms with Gasteiger partial charge in [-0.3, -0.25) is 9.59 Å². The number of benzene rings is 2. The Hall–Kier alpha value is -3.49. The predicted molar refractivity (Wildman–Crippen MR) is 120 cm³/mol. The van der Waals surface area contributed by atoms with E-state index in [1.807, 2.05) is 30.3 Å². The van der Waals surface area contributed by atoms with Crippen molar-refractivity contribution in [1.82, 2.24) is 9.78 Å². The van der Waals surface area contributed by atoms with Crippen LogP contribution in [0.1, 0.15) is 25.6 Å². The molecule has 0 radical (unpaired) electrons. The lowest BCUT2D eigenvalue weighted by atomic mass is 10.2. The van der Waals surface area contributed by atoms with Gasteiger partial charge >= 0.3 is 0 Å². The van der Waals surface area contributed by atoms with Crippen LogP contribution in [0.3, 0.4) is 0 Å². The van der Waals surface area contributed by atoms with Crippen LogP contribution in [0, 0.1) is 12.7 Å². The maximum Gasteiger partial charge on any atom is 0.267 e. The summed E-state index contributed by atoms with van der Waals surface area (Å²) in [7, 11) is 0. The fraction of sp³-hybridized carbons (Fsp3) is 0.0455. The second kappa shape index (κ2) is 8.71. The van der Waals surface area contributed by atoms with Crippen molar-refractivity contribution in [2.24, 2.45) is 0 Å². The van der Waals surface area contributed by atoms with Gasteiger partial charge in [-0.1, -0.05) is 29.8 Å².